The van der Waals surface area contributed by atoms with Crippen molar-refractivity contribution in [2.75, 3.05) is 53.5 Å². The first-order chi connectivity index (χ1) is 12.6. The van der Waals surface area contributed by atoms with Gasteiger partial charge in [0.05, 0.1) is 0 Å². The molecule has 1 N–H and O–H groups in total. The van der Waals surface area contributed by atoms with Gasteiger partial charge in [0.2, 0.25) is 5.91 Å². The number of amides is 1. The Morgan fingerprint density at radius 3 is 2.59 bits per heavy atom. The molecule has 0 spiro atoms. The fourth-order valence-electron chi connectivity index (χ4n) is 4.47. The fourth-order valence-corrected chi connectivity index (χ4v) is 4.47. The van der Waals surface area contributed by atoms with E-state index in [0.717, 1.165) is 44.7 Å². The molecule has 156 valence electrons. The molecular weight excluding hydrogens is 455 g/mol. The lowest BCUT2D eigenvalue weighted by atomic mass is 9.89. The van der Waals surface area contributed by atoms with Crippen LogP contribution in [0.5, 0.6) is 0 Å². The number of aliphatic imine (C=N–C) groups is 1. The maximum absolute atomic E-state index is 12.0. The summed E-state index contributed by atoms with van der Waals surface area (Å²) in [6, 6.07) is 0. The second-order valence-electron chi connectivity index (χ2n) is 8.43. The van der Waals surface area contributed by atoms with Crippen LogP contribution in [-0.2, 0) is 9.53 Å². The highest BCUT2D eigenvalue weighted by atomic mass is 127. The minimum absolute atomic E-state index is 0. The van der Waals surface area contributed by atoms with Crippen LogP contribution in [0.2, 0.25) is 0 Å². The smallest absolute Gasteiger partial charge is 0.243 e. The lowest BCUT2D eigenvalue weighted by molar-refractivity contribution is -0.127. The third kappa shape index (κ3) is 6.76. The minimum Gasteiger partial charge on any atom is -0.381 e. The number of hydrogen-bond donors (Lipinski definition) is 1. The van der Waals surface area contributed by atoms with Gasteiger partial charge in [-0.25, -0.2) is 4.99 Å². The molecule has 0 aromatic carbocycles. The molecule has 0 aromatic heterocycles. The van der Waals surface area contributed by atoms with Gasteiger partial charge in [0.1, 0.15) is 6.54 Å². The first-order valence-corrected chi connectivity index (χ1v) is 10.4. The molecule has 2 atom stereocenters. The lowest BCUT2D eigenvalue weighted by Gasteiger charge is -2.27. The largest absolute Gasteiger partial charge is 0.381 e. The minimum atomic E-state index is 0. The van der Waals surface area contributed by atoms with E-state index in [0.29, 0.717) is 11.8 Å². The van der Waals surface area contributed by atoms with E-state index in [4.69, 9.17) is 4.74 Å². The van der Waals surface area contributed by atoms with E-state index in [1.807, 2.05) is 0 Å². The summed E-state index contributed by atoms with van der Waals surface area (Å²) in [4.78, 5) is 20.7. The Balaban J connectivity index is 0.00000261. The third-order valence-corrected chi connectivity index (χ3v) is 6.29. The molecule has 6 nitrogen and oxygen atoms in total. The molecule has 1 aliphatic carbocycles. The average Bonchev–Trinajstić information content (AvgIpc) is 3.33. The molecule has 0 bridgehead atoms. The van der Waals surface area contributed by atoms with E-state index >= 15 is 0 Å². The first kappa shape index (κ1) is 22.7. The van der Waals surface area contributed by atoms with Crippen molar-refractivity contribution in [2.45, 2.75) is 44.9 Å². The second kappa shape index (κ2) is 11.4. The fraction of sp³-hybridized carbons (Fsp3) is 0.900. The number of likely N-dealkylation sites (N-methyl/N-ethyl adjacent to an activating group) is 1. The van der Waals surface area contributed by atoms with Crippen LogP contribution < -0.4 is 5.32 Å². The van der Waals surface area contributed by atoms with Crippen LogP contribution in [0.3, 0.4) is 0 Å². The highest BCUT2D eigenvalue weighted by molar-refractivity contribution is 14.0. The Hall–Kier alpha value is -0.570. The van der Waals surface area contributed by atoms with Crippen LogP contribution in [0, 0.1) is 17.8 Å². The Bertz CT molecular complexity index is 488. The number of likely N-dealkylation sites (tertiary alicyclic amines) is 1. The standard InChI is InChI=1S/C20H36N4O2.HI/c1-23(2)19(25)13-22-20(21-12-16-6-4-3-5-7-16)24-10-8-17(14-24)18-9-11-26-15-18;/h16-18H,3-15H2,1-2H3,(H,21,22);1H. The number of carbonyl (C=O) groups excluding carboxylic acids is 1. The van der Waals surface area contributed by atoms with Gasteiger partial charge in [-0.1, -0.05) is 19.3 Å². The molecule has 1 saturated carbocycles. The van der Waals surface area contributed by atoms with E-state index in [1.54, 1.807) is 19.0 Å². The predicted molar refractivity (Wildman–Crippen MR) is 120 cm³/mol. The van der Waals surface area contributed by atoms with Crippen molar-refractivity contribution >= 4 is 35.8 Å². The topological polar surface area (TPSA) is 57.2 Å². The number of rotatable bonds is 5. The van der Waals surface area contributed by atoms with Gasteiger partial charge < -0.3 is 19.9 Å². The van der Waals surface area contributed by atoms with Crippen LogP contribution in [0.25, 0.3) is 0 Å². The summed E-state index contributed by atoms with van der Waals surface area (Å²) in [5.41, 5.74) is 0. The summed E-state index contributed by atoms with van der Waals surface area (Å²) in [6.45, 7) is 5.13. The summed E-state index contributed by atoms with van der Waals surface area (Å²) < 4.78 is 5.58. The number of carbonyl (C=O) groups is 1. The summed E-state index contributed by atoms with van der Waals surface area (Å²) >= 11 is 0. The monoisotopic (exact) mass is 492 g/mol. The number of ether oxygens (including phenoxy) is 1. The SMILES string of the molecule is CN(C)C(=O)CN=C(NCC1CCCCC1)N1CCC(C2CCOC2)C1.I. The zero-order valence-electron chi connectivity index (χ0n) is 17.0. The molecule has 27 heavy (non-hydrogen) atoms. The van der Waals surface area contributed by atoms with Crippen molar-refractivity contribution in [1.29, 1.82) is 0 Å². The van der Waals surface area contributed by atoms with Crippen molar-refractivity contribution < 1.29 is 9.53 Å². The van der Waals surface area contributed by atoms with Crippen molar-refractivity contribution in [3.05, 3.63) is 0 Å². The number of nitrogens with one attached hydrogen (secondary N) is 1. The number of halogens is 1. The van der Waals surface area contributed by atoms with Gasteiger partial charge in [-0.3, -0.25) is 4.79 Å². The highest BCUT2D eigenvalue weighted by Gasteiger charge is 2.33. The lowest BCUT2D eigenvalue weighted by Crippen LogP contribution is -2.43. The van der Waals surface area contributed by atoms with Gasteiger partial charge in [-0.05, 0) is 43.4 Å². The zero-order valence-corrected chi connectivity index (χ0v) is 19.3. The maximum Gasteiger partial charge on any atom is 0.243 e. The Labute approximate surface area is 181 Å². The predicted octanol–water partition coefficient (Wildman–Crippen LogP) is 2.58. The molecule has 3 rings (SSSR count). The molecule has 1 amide bonds. The summed E-state index contributed by atoms with van der Waals surface area (Å²) in [5, 5.41) is 3.61. The Morgan fingerprint density at radius 1 is 1.15 bits per heavy atom. The van der Waals surface area contributed by atoms with Crippen molar-refractivity contribution in [3.63, 3.8) is 0 Å². The molecule has 0 aromatic rings. The summed E-state index contributed by atoms with van der Waals surface area (Å²) in [5.74, 6) is 3.14. The van der Waals surface area contributed by atoms with E-state index in [-0.39, 0.29) is 36.4 Å². The van der Waals surface area contributed by atoms with Gasteiger partial charge in [-0.15, -0.1) is 24.0 Å². The first-order valence-electron chi connectivity index (χ1n) is 10.4. The second-order valence-corrected chi connectivity index (χ2v) is 8.43. The highest BCUT2D eigenvalue weighted by Crippen LogP contribution is 2.30. The normalized spacial score (nSPS) is 26.7. The van der Waals surface area contributed by atoms with Crippen LogP contribution in [-0.4, -0.2) is 75.2 Å². The number of hydrogen-bond acceptors (Lipinski definition) is 3. The quantitative estimate of drug-likeness (QED) is 0.364. The molecule has 7 heteroatoms. The Morgan fingerprint density at radius 2 is 1.93 bits per heavy atom. The van der Waals surface area contributed by atoms with Crippen LogP contribution in [0.4, 0.5) is 0 Å². The van der Waals surface area contributed by atoms with Crippen LogP contribution in [0.1, 0.15) is 44.9 Å². The van der Waals surface area contributed by atoms with Gasteiger partial charge in [-0.2, -0.15) is 0 Å². The number of nitrogens with zero attached hydrogens (tertiary/aromatic N) is 3. The molecule has 0 radical (unpaired) electrons. The van der Waals surface area contributed by atoms with E-state index in [1.165, 1.54) is 44.9 Å². The Kier molecular flexibility index (Phi) is 9.62. The molecule has 3 aliphatic rings. The molecule has 3 fully saturated rings. The van der Waals surface area contributed by atoms with Gasteiger partial charge >= 0.3 is 0 Å². The average molecular weight is 492 g/mol. The summed E-state index contributed by atoms with van der Waals surface area (Å²) in [7, 11) is 3.58. The maximum atomic E-state index is 12.0. The van der Waals surface area contributed by atoms with Crippen molar-refractivity contribution in [2.24, 2.45) is 22.7 Å². The molecular formula is C20H37IN4O2. The van der Waals surface area contributed by atoms with E-state index < -0.39 is 0 Å². The van der Waals surface area contributed by atoms with Crippen LogP contribution >= 0.6 is 24.0 Å². The molecule has 2 aliphatic heterocycles. The van der Waals surface area contributed by atoms with Gasteiger partial charge in [0.25, 0.3) is 0 Å². The molecule has 2 unspecified atom stereocenters. The van der Waals surface area contributed by atoms with Crippen molar-refractivity contribution in [1.82, 2.24) is 15.1 Å². The number of guanidine groups is 1. The van der Waals surface area contributed by atoms with Gasteiger partial charge in [0, 0.05) is 46.9 Å². The zero-order chi connectivity index (χ0) is 18.4. The molecule has 2 heterocycles. The summed E-state index contributed by atoms with van der Waals surface area (Å²) in [6.07, 6.45) is 9.13. The van der Waals surface area contributed by atoms with E-state index in [9.17, 15) is 4.79 Å². The van der Waals surface area contributed by atoms with E-state index in [2.05, 4.69) is 15.2 Å². The van der Waals surface area contributed by atoms with Crippen molar-refractivity contribution in [3.8, 4) is 0 Å². The van der Waals surface area contributed by atoms with Crippen LogP contribution in [0.15, 0.2) is 4.99 Å². The third-order valence-electron chi connectivity index (χ3n) is 6.29. The molecule has 2 saturated heterocycles. The van der Waals surface area contributed by atoms with Gasteiger partial charge in [0.15, 0.2) is 5.96 Å².